The monoisotopic (exact) mass is 223 g/mol. The van der Waals surface area contributed by atoms with Crippen LogP contribution >= 0.6 is 0 Å². The van der Waals surface area contributed by atoms with E-state index in [1.54, 1.807) is 12.1 Å². The summed E-state index contributed by atoms with van der Waals surface area (Å²) in [4.78, 5) is 0. The van der Waals surface area contributed by atoms with Crippen molar-refractivity contribution < 1.29 is 9.13 Å². The van der Waals surface area contributed by atoms with E-state index in [0.29, 0.717) is 0 Å². The topological polar surface area (TPSA) is 21.3 Å². The molecule has 0 heterocycles. The number of rotatable bonds is 6. The van der Waals surface area contributed by atoms with Crippen molar-refractivity contribution in [2.24, 2.45) is 5.92 Å². The van der Waals surface area contributed by atoms with Crippen LogP contribution in [0, 0.1) is 11.7 Å². The van der Waals surface area contributed by atoms with Gasteiger partial charge in [-0.1, -0.05) is 0 Å². The van der Waals surface area contributed by atoms with Crippen LogP contribution in [0.2, 0.25) is 0 Å². The molecule has 1 saturated carbocycles. The van der Waals surface area contributed by atoms with Gasteiger partial charge in [0.15, 0.2) is 0 Å². The first-order chi connectivity index (χ1) is 7.79. The van der Waals surface area contributed by atoms with Crippen LogP contribution in [-0.2, 0) is 6.42 Å². The van der Waals surface area contributed by atoms with Crippen LogP contribution in [-0.4, -0.2) is 20.2 Å². The molecule has 0 unspecified atom stereocenters. The lowest BCUT2D eigenvalue weighted by Gasteiger charge is -2.11. The Labute approximate surface area is 95.8 Å². The second kappa shape index (κ2) is 5.30. The zero-order valence-corrected chi connectivity index (χ0v) is 9.63. The quantitative estimate of drug-likeness (QED) is 0.799. The van der Waals surface area contributed by atoms with Crippen LogP contribution in [0.1, 0.15) is 18.4 Å². The lowest BCUT2D eigenvalue weighted by Crippen LogP contribution is -2.12. The molecule has 0 aliphatic heterocycles. The zero-order valence-electron chi connectivity index (χ0n) is 9.63. The number of hydrogen-bond acceptors (Lipinski definition) is 2. The lowest BCUT2D eigenvalue weighted by atomic mass is 10.1. The number of likely N-dealkylation sites (N-methyl/N-ethyl adjacent to an activating group) is 1. The highest BCUT2D eigenvalue weighted by Crippen LogP contribution is 2.30. The second-order valence-electron chi connectivity index (χ2n) is 4.36. The molecular formula is C13H18FNO. The van der Waals surface area contributed by atoms with Crippen molar-refractivity contribution in [2.45, 2.75) is 19.3 Å². The molecule has 0 atom stereocenters. The van der Waals surface area contributed by atoms with E-state index in [2.05, 4.69) is 5.32 Å². The summed E-state index contributed by atoms with van der Waals surface area (Å²) >= 11 is 0. The lowest BCUT2D eigenvalue weighted by molar-refractivity contribution is 0.296. The first-order valence-electron chi connectivity index (χ1n) is 5.85. The highest BCUT2D eigenvalue weighted by molar-refractivity contribution is 5.34. The Balaban J connectivity index is 2.00. The number of halogens is 1. The third kappa shape index (κ3) is 3.20. The van der Waals surface area contributed by atoms with Crippen molar-refractivity contribution in [3.8, 4) is 5.75 Å². The van der Waals surface area contributed by atoms with Crippen LogP contribution in [0.5, 0.6) is 5.75 Å². The van der Waals surface area contributed by atoms with Crippen molar-refractivity contribution in [1.29, 1.82) is 0 Å². The van der Waals surface area contributed by atoms with E-state index < -0.39 is 0 Å². The van der Waals surface area contributed by atoms with Gasteiger partial charge in [-0.05, 0) is 62.5 Å². The predicted molar refractivity (Wildman–Crippen MR) is 62.2 cm³/mol. The number of ether oxygens (including phenoxy) is 1. The summed E-state index contributed by atoms with van der Waals surface area (Å²) in [5.74, 6) is 1.37. The minimum absolute atomic E-state index is 0.190. The summed E-state index contributed by atoms with van der Waals surface area (Å²) in [7, 11) is 1.89. The molecule has 0 saturated heterocycles. The molecule has 0 aromatic heterocycles. The fourth-order valence-corrected chi connectivity index (χ4v) is 1.64. The van der Waals surface area contributed by atoms with Gasteiger partial charge in [0.25, 0.3) is 0 Å². The molecule has 1 N–H and O–H groups in total. The number of benzene rings is 1. The Morgan fingerprint density at radius 3 is 2.94 bits per heavy atom. The van der Waals surface area contributed by atoms with Crippen LogP contribution in [0.4, 0.5) is 4.39 Å². The summed E-state index contributed by atoms with van der Waals surface area (Å²) in [6.07, 6.45) is 3.34. The maximum atomic E-state index is 13.1. The van der Waals surface area contributed by atoms with Gasteiger partial charge in [-0.3, -0.25) is 0 Å². The van der Waals surface area contributed by atoms with Gasteiger partial charge in [-0.25, -0.2) is 4.39 Å². The van der Waals surface area contributed by atoms with E-state index in [1.807, 2.05) is 7.05 Å². The first-order valence-corrected chi connectivity index (χ1v) is 5.85. The van der Waals surface area contributed by atoms with E-state index in [-0.39, 0.29) is 5.82 Å². The molecule has 2 nitrogen and oxygen atoms in total. The summed E-state index contributed by atoms with van der Waals surface area (Å²) in [6, 6.07) is 4.77. The molecule has 1 aliphatic carbocycles. The molecule has 88 valence electrons. The molecule has 0 bridgehead atoms. The van der Waals surface area contributed by atoms with Crippen LogP contribution in [0.25, 0.3) is 0 Å². The Bertz CT molecular complexity index is 350. The molecule has 2 rings (SSSR count). The molecule has 16 heavy (non-hydrogen) atoms. The minimum Gasteiger partial charge on any atom is -0.493 e. The van der Waals surface area contributed by atoms with Gasteiger partial charge in [0, 0.05) is 0 Å². The normalized spacial score (nSPS) is 15.1. The Hall–Kier alpha value is -1.09. The van der Waals surface area contributed by atoms with E-state index in [9.17, 15) is 4.39 Å². The van der Waals surface area contributed by atoms with Gasteiger partial charge in [-0.2, -0.15) is 0 Å². The summed E-state index contributed by atoms with van der Waals surface area (Å²) in [5.41, 5.74) is 0.954. The highest BCUT2D eigenvalue weighted by Gasteiger charge is 2.22. The maximum absolute atomic E-state index is 13.1. The predicted octanol–water partition coefficient (Wildman–Crippen LogP) is 2.38. The van der Waals surface area contributed by atoms with Gasteiger partial charge in [-0.15, -0.1) is 0 Å². The largest absolute Gasteiger partial charge is 0.493 e. The van der Waals surface area contributed by atoms with Crippen molar-refractivity contribution in [1.82, 2.24) is 5.32 Å². The van der Waals surface area contributed by atoms with E-state index in [4.69, 9.17) is 4.74 Å². The van der Waals surface area contributed by atoms with Gasteiger partial charge >= 0.3 is 0 Å². The van der Waals surface area contributed by atoms with Crippen molar-refractivity contribution in [3.05, 3.63) is 29.6 Å². The molecule has 1 fully saturated rings. The molecule has 1 aromatic rings. The minimum atomic E-state index is -0.190. The van der Waals surface area contributed by atoms with Gasteiger partial charge < -0.3 is 10.1 Å². The second-order valence-corrected chi connectivity index (χ2v) is 4.36. The smallest absolute Gasteiger partial charge is 0.123 e. The Morgan fingerprint density at radius 1 is 1.44 bits per heavy atom. The van der Waals surface area contributed by atoms with Gasteiger partial charge in [0.2, 0.25) is 0 Å². The van der Waals surface area contributed by atoms with E-state index >= 15 is 0 Å². The van der Waals surface area contributed by atoms with E-state index in [1.165, 1.54) is 18.9 Å². The molecular weight excluding hydrogens is 205 g/mol. The van der Waals surface area contributed by atoms with Crippen LogP contribution in [0.3, 0.4) is 0 Å². The SMILES string of the molecule is CNCCc1cc(F)ccc1OCC1CC1. The van der Waals surface area contributed by atoms with Gasteiger partial charge in [0.1, 0.15) is 11.6 Å². The molecule has 0 amide bonds. The highest BCUT2D eigenvalue weighted by atomic mass is 19.1. The Kier molecular flexibility index (Phi) is 3.78. The van der Waals surface area contributed by atoms with Crippen molar-refractivity contribution in [3.63, 3.8) is 0 Å². The van der Waals surface area contributed by atoms with Crippen molar-refractivity contribution in [2.75, 3.05) is 20.2 Å². The molecule has 3 heteroatoms. The fourth-order valence-electron chi connectivity index (χ4n) is 1.64. The third-order valence-corrected chi connectivity index (χ3v) is 2.84. The maximum Gasteiger partial charge on any atom is 0.123 e. The molecule has 0 radical (unpaired) electrons. The third-order valence-electron chi connectivity index (χ3n) is 2.84. The zero-order chi connectivity index (χ0) is 11.4. The fraction of sp³-hybridized carbons (Fsp3) is 0.538. The van der Waals surface area contributed by atoms with Crippen molar-refractivity contribution >= 4 is 0 Å². The average molecular weight is 223 g/mol. The van der Waals surface area contributed by atoms with Gasteiger partial charge in [0.05, 0.1) is 6.61 Å². The van der Waals surface area contributed by atoms with E-state index in [0.717, 1.165) is 36.8 Å². The molecule has 0 spiro atoms. The average Bonchev–Trinajstić information content (AvgIpc) is 3.09. The number of hydrogen-bond donors (Lipinski definition) is 1. The van der Waals surface area contributed by atoms with Crippen LogP contribution in [0.15, 0.2) is 18.2 Å². The van der Waals surface area contributed by atoms with Crippen LogP contribution < -0.4 is 10.1 Å². The molecule has 1 aromatic carbocycles. The summed E-state index contributed by atoms with van der Waals surface area (Å²) in [5, 5.41) is 3.06. The summed E-state index contributed by atoms with van der Waals surface area (Å²) in [6.45, 7) is 1.61. The standard InChI is InChI=1S/C13H18FNO/c1-15-7-6-11-8-12(14)4-5-13(11)16-9-10-2-3-10/h4-5,8,10,15H,2-3,6-7,9H2,1H3. The summed E-state index contributed by atoms with van der Waals surface area (Å²) < 4.78 is 18.8. The Morgan fingerprint density at radius 2 is 2.25 bits per heavy atom. The molecule has 1 aliphatic rings. The number of nitrogens with one attached hydrogen (secondary N) is 1. The first kappa shape index (κ1) is 11.4.